The molecule has 3 heterocycles. The highest BCUT2D eigenvalue weighted by Gasteiger charge is 2.49. The van der Waals surface area contributed by atoms with Crippen molar-refractivity contribution in [2.45, 2.75) is 130 Å². The lowest BCUT2D eigenvalue weighted by atomic mass is 9.43. The topological polar surface area (TPSA) is 9.72 Å². The predicted molar refractivity (Wildman–Crippen MR) is 345 cm³/mol. The van der Waals surface area contributed by atoms with Gasteiger partial charge in [-0.2, -0.15) is 0 Å². The molecule has 1 aromatic heterocycles. The molecular formula is C74H74BN3S. The zero-order valence-corrected chi connectivity index (χ0v) is 49.5. The molecule has 0 spiro atoms. The highest BCUT2D eigenvalue weighted by molar-refractivity contribution is 7.26. The molecule has 0 atom stereocenters. The molecule has 0 N–H and O–H groups in total. The van der Waals surface area contributed by atoms with Crippen molar-refractivity contribution in [2.24, 2.45) is 0 Å². The van der Waals surface area contributed by atoms with Crippen LogP contribution in [0, 0.1) is 0 Å². The second-order valence-electron chi connectivity index (χ2n) is 27.3. The predicted octanol–water partition coefficient (Wildman–Crippen LogP) is 20.1. The second kappa shape index (κ2) is 18.1. The van der Waals surface area contributed by atoms with Crippen LogP contribution in [0.15, 0.2) is 188 Å². The number of rotatable bonds is 6. The summed E-state index contributed by atoms with van der Waals surface area (Å²) in [4.78, 5) is 7.92. The van der Waals surface area contributed by atoms with Gasteiger partial charge in [0, 0.05) is 50.0 Å². The van der Waals surface area contributed by atoms with Gasteiger partial charge >= 0.3 is 6.85 Å². The average Bonchev–Trinajstić information content (AvgIpc) is 3.86. The van der Waals surface area contributed by atoms with Crippen LogP contribution in [0.25, 0.3) is 43.1 Å². The Hall–Kier alpha value is -7.34. The molecule has 0 radical (unpaired) electrons. The maximum atomic E-state index is 2.77. The van der Waals surface area contributed by atoms with Gasteiger partial charge in [-0.05, 0) is 179 Å². The molecule has 79 heavy (non-hydrogen) atoms. The van der Waals surface area contributed by atoms with E-state index in [1.54, 1.807) is 0 Å². The number of nitrogens with zero attached hydrogens (tertiary/aromatic N) is 3. The van der Waals surface area contributed by atoms with Crippen LogP contribution in [0.2, 0.25) is 0 Å². The third kappa shape index (κ3) is 8.44. The van der Waals surface area contributed by atoms with E-state index in [-0.39, 0.29) is 33.9 Å². The highest BCUT2D eigenvalue weighted by atomic mass is 32.1. The summed E-state index contributed by atoms with van der Waals surface area (Å²) in [5.41, 5.74) is 22.9. The summed E-state index contributed by atoms with van der Waals surface area (Å²) in [6.07, 6.45) is 2.31. The standard InChI is InChI=1S/C74H74BN3S/c1-70(2,3)49-27-32-52(33-28-49)76(53-34-29-50(30-35-53)71(4,5)6)54-36-38-57-63(46-54)78(55-37-39-60-61(45-55)74(12,13)42-41-73(60,10)11)75-67-58-25-19-20-26-65(58)79-69(67)77(64-43-48-23-17-18-24-56(48)66(57)68(64)75)62-40-31-51(72(7,8)9)44-59(62)47-21-15-14-16-22-47/h14-40,43-46H,41-42H2,1-13H3. The second-order valence-corrected chi connectivity index (χ2v) is 28.3. The van der Waals surface area contributed by atoms with Crippen molar-refractivity contribution in [3.8, 4) is 22.3 Å². The van der Waals surface area contributed by atoms with Crippen LogP contribution in [0.5, 0.6) is 0 Å². The van der Waals surface area contributed by atoms with Crippen LogP contribution in [-0.2, 0) is 27.1 Å². The Balaban J connectivity index is 1.15. The van der Waals surface area contributed by atoms with Crippen LogP contribution in [0.4, 0.5) is 44.8 Å². The van der Waals surface area contributed by atoms with E-state index < -0.39 is 0 Å². The molecule has 0 saturated heterocycles. The van der Waals surface area contributed by atoms with E-state index in [1.807, 2.05) is 11.3 Å². The van der Waals surface area contributed by atoms with Gasteiger partial charge in [0.05, 0.1) is 10.7 Å². The Kier molecular flexibility index (Phi) is 11.7. The van der Waals surface area contributed by atoms with E-state index in [0.29, 0.717) is 0 Å². The Morgan fingerprint density at radius 1 is 0.456 bits per heavy atom. The molecule has 5 heteroatoms. The molecule has 3 aliphatic rings. The summed E-state index contributed by atoms with van der Waals surface area (Å²) in [6.45, 7) is 30.5. The van der Waals surface area contributed by atoms with E-state index >= 15 is 0 Å². The van der Waals surface area contributed by atoms with E-state index in [0.717, 1.165) is 23.5 Å². The first kappa shape index (κ1) is 51.1. The lowest BCUT2D eigenvalue weighted by Gasteiger charge is -2.47. The molecule has 0 unspecified atom stereocenters. The highest BCUT2D eigenvalue weighted by Crippen LogP contribution is 2.56. The largest absolute Gasteiger partial charge is 0.376 e. The lowest BCUT2D eigenvalue weighted by Crippen LogP contribution is -2.61. The van der Waals surface area contributed by atoms with Crippen LogP contribution < -0.4 is 25.5 Å². The molecule has 0 amide bonds. The smallest absolute Gasteiger partial charge is 0.334 e. The lowest BCUT2D eigenvalue weighted by molar-refractivity contribution is 0.332. The summed E-state index contributed by atoms with van der Waals surface area (Å²) in [7, 11) is 0. The Bertz CT molecular complexity index is 3970. The zero-order valence-electron chi connectivity index (χ0n) is 48.6. The fraction of sp³-hybridized carbons (Fsp3) is 0.270. The average molecular weight is 1050 g/mol. The van der Waals surface area contributed by atoms with Gasteiger partial charge in [0.25, 0.3) is 0 Å². The van der Waals surface area contributed by atoms with Crippen molar-refractivity contribution in [1.29, 1.82) is 0 Å². The first-order chi connectivity index (χ1) is 37.6. The maximum Gasteiger partial charge on any atom is 0.334 e. The number of hydrogen-bond donors (Lipinski definition) is 0. The van der Waals surface area contributed by atoms with Gasteiger partial charge in [0.2, 0.25) is 0 Å². The molecule has 394 valence electrons. The van der Waals surface area contributed by atoms with E-state index in [9.17, 15) is 0 Å². The van der Waals surface area contributed by atoms with Crippen LogP contribution >= 0.6 is 11.3 Å². The molecule has 0 saturated carbocycles. The van der Waals surface area contributed by atoms with Crippen molar-refractivity contribution >= 4 is 94.8 Å². The number of thiophene rings is 1. The van der Waals surface area contributed by atoms with Crippen molar-refractivity contribution < 1.29 is 0 Å². The maximum absolute atomic E-state index is 2.77. The molecular weight excluding hydrogens is 974 g/mol. The molecule has 3 nitrogen and oxygen atoms in total. The summed E-state index contributed by atoms with van der Waals surface area (Å²) < 4.78 is 1.29. The minimum atomic E-state index is -0.169. The van der Waals surface area contributed by atoms with Crippen LogP contribution in [-0.4, -0.2) is 6.85 Å². The molecule has 13 rings (SSSR count). The van der Waals surface area contributed by atoms with Crippen LogP contribution in [0.3, 0.4) is 0 Å². The van der Waals surface area contributed by atoms with E-state index in [4.69, 9.17) is 0 Å². The Labute approximate surface area is 474 Å². The molecule has 0 fully saturated rings. The minimum absolute atomic E-state index is 0.00644. The van der Waals surface area contributed by atoms with E-state index in [2.05, 4.69) is 293 Å². The fourth-order valence-electron chi connectivity index (χ4n) is 13.3. The molecule has 10 aromatic rings. The Morgan fingerprint density at radius 2 is 1.03 bits per heavy atom. The third-order valence-electron chi connectivity index (χ3n) is 18.0. The van der Waals surface area contributed by atoms with Crippen molar-refractivity contribution in [2.75, 3.05) is 14.6 Å². The first-order valence-corrected chi connectivity index (χ1v) is 29.6. The first-order valence-electron chi connectivity index (χ1n) is 28.7. The third-order valence-corrected chi connectivity index (χ3v) is 19.2. The van der Waals surface area contributed by atoms with Gasteiger partial charge in [-0.15, -0.1) is 11.3 Å². The number of anilines is 8. The van der Waals surface area contributed by atoms with Gasteiger partial charge in [-0.3, -0.25) is 0 Å². The number of hydrogen-bond acceptors (Lipinski definition) is 4. The SMILES string of the molecule is CC(C)(C)c1ccc(N(c2ccc(C(C)(C)C)cc2)c2ccc3c(c2)N(c2ccc4c(c2)C(C)(C)CCC4(C)C)B2c4c(cc5ccccc5c4-3)N(c3ccc(C(C)(C)C)cc3-c3ccccc3)c3sc4ccccc4c32)cc1. The monoisotopic (exact) mass is 1050 g/mol. The van der Waals surface area contributed by atoms with Gasteiger partial charge in [-0.1, -0.05) is 205 Å². The van der Waals surface area contributed by atoms with Crippen molar-refractivity contribution in [1.82, 2.24) is 0 Å². The molecule has 1 aliphatic carbocycles. The number of fused-ring (bicyclic) bond motifs is 9. The van der Waals surface area contributed by atoms with Gasteiger partial charge < -0.3 is 14.6 Å². The minimum Gasteiger partial charge on any atom is -0.376 e. The van der Waals surface area contributed by atoms with E-state index in [1.165, 1.54) is 116 Å². The summed E-state index contributed by atoms with van der Waals surface area (Å²) in [6, 6.07) is 72.8. The van der Waals surface area contributed by atoms with Crippen LogP contribution in [0.1, 0.15) is 131 Å². The summed E-state index contributed by atoms with van der Waals surface area (Å²) >= 11 is 1.93. The molecule has 2 aliphatic heterocycles. The van der Waals surface area contributed by atoms with Crippen molar-refractivity contribution in [3.63, 3.8) is 0 Å². The fourth-order valence-corrected chi connectivity index (χ4v) is 14.5. The van der Waals surface area contributed by atoms with Gasteiger partial charge in [0.15, 0.2) is 0 Å². The van der Waals surface area contributed by atoms with Gasteiger partial charge in [-0.25, -0.2) is 0 Å². The number of benzene rings is 9. The van der Waals surface area contributed by atoms with Gasteiger partial charge in [0.1, 0.15) is 0 Å². The molecule has 0 bridgehead atoms. The quantitative estimate of drug-likeness (QED) is 0.154. The normalized spacial score (nSPS) is 15.4. The summed E-state index contributed by atoms with van der Waals surface area (Å²) in [5, 5.41) is 5.08. The van der Waals surface area contributed by atoms with Crippen molar-refractivity contribution in [3.05, 3.63) is 216 Å². The molecule has 9 aromatic carbocycles. The zero-order chi connectivity index (χ0) is 55.1. The Morgan fingerprint density at radius 3 is 1.67 bits per heavy atom. The summed E-state index contributed by atoms with van der Waals surface area (Å²) in [5.74, 6) is 0.